The fourth-order valence-corrected chi connectivity index (χ4v) is 4.78. The van der Waals surface area contributed by atoms with Crippen molar-refractivity contribution < 1.29 is 14.3 Å². The second-order valence-electron chi connectivity index (χ2n) is 8.79. The number of ether oxygens (including phenoxy) is 1. The van der Waals surface area contributed by atoms with Gasteiger partial charge in [-0.05, 0) is 55.9 Å². The van der Waals surface area contributed by atoms with E-state index in [1.54, 1.807) is 23.1 Å². The summed E-state index contributed by atoms with van der Waals surface area (Å²) in [6.45, 7) is 2.02. The molecule has 3 N–H and O–H groups in total. The van der Waals surface area contributed by atoms with Crippen LogP contribution in [0.3, 0.4) is 0 Å². The van der Waals surface area contributed by atoms with Crippen LogP contribution >= 0.6 is 0 Å². The van der Waals surface area contributed by atoms with E-state index in [0.29, 0.717) is 50.6 Å². The first-order valence-corrected chi connectivity index (χ1v) is 11.6. The lowest BCUT2D eigenvalue weighted by Gasteiger charge is -2.40. The number of piperidine rings is 1. The maximum Gasteiger partial charge on any atom is 0.272 e. The molecule has 1 aromatic heterocycles. The third-order valence-electron chi connectivity index (χ3n) is 6.70. The van der Waals surface area contributed by atoms with Gasteiger partial charge in [-0.15, -0.1) is 0 Å². The second-order valence-corrected chi connectivity index (χ2v) is 8.79. The molecule has 2 aromatic rings. The molecule has 2 amide bonds. The van der Waals surface area contributed by atoms with Crippen LogP contribution in [-0.4, -0.2) is 47.9 Å². The number of aromatic nitrogens is 1. The molecule has 1 spiro atoms. The number of benzene rings is 1. The van der Waals surface area contributed by atoms with Crippen LogP contribution in [0, 0.1) is 5.41 Å². The highest BCUT2D eigenvalue weighted by Gasteiger charge is 2.41. The van der Waals surface area contributed by atoms with Crippen LogP contribution in [0.2, 0.25) is 0 Å². The van der Waals surface area contributed by atoms with Crippen LogP contribution in [0.25, 0.3) is 0 Å². The van der Waals surface area contributed by atoms with Crippen molar-refractivity contribution in [3.8, 4) is 5.75 Å². The van der Waals surface area contributed by atoms with Crippen molar-refractivity contribution in [1.29, 1.82) is 0 Å². The van der Waals surface area contributed by atoms with Crippen LogP contribution < -0.4 is 15.8 Å². The molecule has 1 aromatic carbocycles. The minimum atomic E-state index is -0.430. The predicted molar refractivity (Wildman–Crippen MR) is 123 cm³/mol. The van der Waals surface area contributed by atoms with Crippen LogP contribution in [0.1, 0.15) is 54.6 Å². The lowest BCUT2D eigenvalue weighted by atomic mass is 9.73. The molecule has 1 saturated heterocycles. The Bertz CT molecular complexity index is 954. The first kappa shape index (κ1) is 22.1. The SMILES string of the molecule is Nc1cccc(C(=O)N2CCC3(CCCCCc4ccccc4OCCNC3=O)CC2)n1. The number of carbonyl (C=O) groups excluding carboxylic acids is 2. The van der Waals surface area contributed by atoms with E-state index in [0.717, 1.165) is 37.9 Å². The monoisotopic (exact) mass is 436 g/mol. The molecule has 7 heteroatoms. The third kappa shape index (κ3) is 5.03. The molecule has 0 saturated carbocycles. The summed E-state index contributed by atoms with van der Waals surface area (Å²) in [5.74, 6) is 1.21. The van der Waals surface area contributed by atoms with Gasteiger partial charge in [0, 0.05) is 13.1 Å². The molecule has 32 heavy (non-hydrogen) atoms. The van der Waals surface area contributed by atoms with Crippen molar-refractivity contribution in [2.75, 3.05) is 32.0 Å². The number of rotatable bonds is 1. The van der Waals surface area contributed by atoms with Gasteiger partial charge in [0.2, 0.25) is 5.91 Å². The number of hydrogen-bond acceptors (Lipinski definition) is 5. The van der Waals surface area contributed by atoms with Gasteiger partial charge in [-0.1, -0.05) is 37.1 Å². The molecule has 4 rings (SSSR count). The molecule has 0 unspecified atom stereocenters. The van der Waals surface area contributed by atoms with Crippen molar-refractivity contribution in [2.24, 2.45) is 5.41 Å². The van der Waals surface area contributed by atoms with Gasteiger partial charge in [0.05, 0.1) is 12.0 Å². The highest BCUT2D eigenvalue weighted by molar-refractivity contribution is 5.93. The maximum atomic E-state index is 13.2. The fourth-order valence-electron chi connectivity index (χ4n) is 4.78. The van der Waals surface area contributed by atoms with Gasteiger partial charge in [-0.25, -0.2) is 4.98 Å². The number of amides is 2. The van der Waals surface area contributed by atoms with Crippen molar-refractivity contribution in [3.05, 3.63) is 53.7 Å². The fraction of sp³-hybridized carbons (Fsp3) is 0.480. The van der Waals surface area contributed by atoms with E-state index < -0.39 is 5.41 Å². The Hall–Kier alpha value is -3.09. The van der Waals surface area contributed by atoms with Crippen LogP contribution in [0.4, 0.5) is 5.82 Å². The quantitative estimate of drug-likeness (QED) is 0.715. The molecule has 170 valence electrons. The Kier molecular flexibility index (Phi) is 6.93. The lowest BCUT2D eigenvalue weighted by Crippen LogP contribution is -2.50. The van der Waals surface area contributed by atoms with E-state index in [9.17, 15) is 9.59 Å². The number of nitrogens with two attached hydrogens (primary N) is 1. The van der Waals surface area contributed by atoms with E-state index in [4.69, 9.17) is 10.5 Å². The minimum absolute atomic E-state index is 0.0859. The summed E-state index contributed by atoms with van der Waals surface area (Å²) in [7, 11) is 0. The zero-order valence-corrected chi connectivity index (χ0v) is 18.5. The molecular weight excluding hydrogens is 404 g/mol. The summed E-state index contributed by atoms with van der Waals surface area (Å²) in [4.78, 5) is 32.0. The third-order valence-corrected chi connectivity index (χ3v) is 6.70. The Morgan fingerprint density at radius 1 is 1.03 bits per heavy atom. The number of para-hydroxylation sites is 1. The van der Waals surface area contributed by atoms with Crippen LogP contribution in [0.15, 0.2) is 42.5 Å². The van der Waals surface area contributed by atoms with E-state index in [-0.39, 0.29) is 11.8 Å². The molecule has 1 fully saturated rings. The molecule has 0 radical (unpaired) electrons. The molecule has 2 aliphatic heterocycles. The number of nitrogens with one attached hydrogen (secondary N) is 1. The van der Waals surface area contributed by atoms with Gasteiger partial charge < -0.3 is 20.7 Å². The normalized spacial score (nSPS) is 19.5. The lowest BCUT2D eigenvalue weighted by molar-refractivity contribution is -0.134. The number of nitrogen functional groups attached to an aromatic ring is 1. The first-order chi connectivity index (χ1) is 15.6. The molecule has 0 bridgehead atoms. The maximum absolute atomic E-state index is 13.2. The molecule has 2 aliphatic rings. The average Bonchev–Trinajstić information content (AvgIpc) is 2.83. The number of likely N-dealkylation sites (tertiary alicyclic amines) is 1. The largest absolute Gasteiger partial charge is 0.491 e. The molecule has 0 aliphatic carbocycles. The minimum Gasteiger partial charge on any atom is -0.491 e. The summed E-state index contributed by atoms with van der Waals surface area (Å²) in [6.07, 6.45) is 6.30. The Balaban J connectivity index is 1.40. The zero-order chi connectivity index (χ0) is 22.4. The Labute approximate surface area is 189 Å². The Morgan fingerprint density at radius 2 is 1.84 bits per heavy atom. The number of anilines is 1. The number of hydrogen-bond donors (Lipinski definition) is 2. The number of nitrogens with zero attached hydrogens (tertiary/aromatic N) is 2. The predicted octanol–water partition coefficient (Wildman–Crippen LogP) is 3.20. The number of aryl methyl sites for hydroxylation is 1. The van der Waals surface area contributed by atoms with E-state index in [1.807, 2.05) is 18.2 Å². The van der Waals surface area contributed by atoms with E-state index >= 15 is 0 Å². The molecule has 7 nitrogen and oxygen atoms in total. The van der Waals surface area contributed by atoms with Gasteiger partial charge in [0.25, 0.3) is 5.91 Å². The average molecular weight is 437 g/mol. The highest BCUT2D eigenvalue weighted by Crippen LogP contribution is 2.38. The van der Waals surface area contributed by atoms with Gasteiger partial charge in [0.15, 0.2) is 0 Å². The summed E-state index contributed by atoms with van der Waals surface area (Å²) in [5.41, 5.74) is 6.89. The molecular formula is C25H32N4O3. The first-order valence-electron chi connectivity index (χ1n) is 11.6. The van der Waals surface area contributed by atoms with Gasteiger partial charge in [-0.3, -0.25) is 9.59 Å². The summed E-state index contributed by atoms with van der Waals surface area (Å²) in [5, 5.41) is 3.10. The smallest absolute Gasteiger partial charge is 0.272 e. The summed E-state index contributed by atoms with van der Waals surface area (Å²) >= 11 is 0. The van der Waals surface area contributed by atoms with Gasteiger partial charge >= 0.3 is 0 Å². The summed E-state index contributed by atoms with van der Waals surface area (Å²) < 4.78 is 5.95. The van der Waals surface area contributed by atoms with E-state index in [2.05, 4.69) is 16.4 Å². The van der Waals surface area contributed by atoms with Gasteiger partial charge in [-0.2, -0.15) is 0 Å². The molecule has 0 atom stereocenters. The van der Waals surface area contributed by atoms with E-state index in [1.165, 1.54) is 5.56 Å². The second kappa shape index (κ2) is 10.0. The number of pyridine rings is 1. The van der Waals surface area contributed by atoms with Crippen molar-refractivity contribution in [3.63, 3.8) is 0 Å². The topological polar surface area (TPSA) is 97.5 Å². The van der Waals surface area contributed by atoms with Crippen LogP contribution in [0.5, 0.6) is 5.75 Å². The van der Waals surface area contributed by atoms with Crippen molar-refractivity contribution in [2.45, 2.75) is 44.9 Å². The number of fused-ring (bicyclic) bond motifs is 1. The van der Waals surface area contributed by atoms with Crippen molar-refractivity contribution in [1.82, 2.24) is 15.2 Å². The number of carbonyl (C=O) groups is 2. The van der Waals surface area contributed by atoms with Crippen molar-refractivity contribution >= 4 is 17.6 Å². The van der Waals surface area contributed by atoms with Crippen LogP contribution in [-0.2, 0) is 11.2 Å². The Morgan fingerprint density at radius 3 is 2.66 bits per heavy atom. The van der Waals surface area contributed by atoms with Gasteiger partial charge in [0.1, 0.15) is 23.9 Å². The zero-order valence-electron chi connectivity index (χ0n) is 18.5. The highest BCUT2D eigenvalue weighted by atomic mass is 16.5. The summed E-state index contributed by atoms with van der Waals surface area (Å²) in [6, 6.07) is 13.3. The standard InChI is InChI=1S/C25H32N4O3/c26-22-11-6-9-20(28-22)23(30)29-16-13-25(14-17-29)12-5-1-2-7-19-8-3-4-10-21(19)32-18-15-27-24(25)31/h3-4,6,8-11H,1-2,5,7,12-18H2,(H2,26,28)(H,27,31). The molecule has 3 heterocycles.